The second kappa shape index (κ2) is 5.81. The Morgan fingerprint density at radius 1 is 1.04 bits per heavy atom. The second-order valence-corrected chi connectivity index (χ2v) is 6.79. The van der Waals surface area contributed by atoms with E-state index in [1.54, 1.807) is 0 Å². The number of hydrogen-bond donors (Lipinski definition) is 0. The molecule has 1 saturated heterocycles. The Kier molecular flexibility index (Phi) is 3.75. The van der Waals surface area contributed by atoms with Gasteiger partial charge in [0.2, 0.25) is 0 Å². The molecular formula is C17H16F3N3S. The summed E-state index contributed by atoms with van der Waals surface area (Å²) in [6.07, 6.45) is -1.34. The van der Waals surface area contributed by atoms with E-state index < -0.39 is 11.9 Å². The van der Waals surface area contributed by atoms with E-state index in [9.17, 15) is 13.2 Å². The molecule has 24 heavy (non-hydrogen) atoms. The van der Waals surface area contributed by atoms with Crippen LogP contribution >= 0.6 is 11.3 Å². The van der Waals surface area contributed by atoms with Crippen LogP contribution in [0.1, 0.15) is 30.0 Å². The van der Waals surface area contributed by atoms with Crippen LogP contribution in [0.3, 0.4) is 0 Å². The van der Waals surface area contributed by atoms with Crippen LogP contribution in [0.5, 0.6) is 0 Å². The van der Waals surface area contributed by atoms with E-state index in [4.69, 9.17) is 0 Å². The predicted octanol–water partition coefficient (Wildman–Crippen LogP) is 4.79. The van der Waals surface area contributed by atoms with Crippen LogP contribution in [0.4, 0.5) is 18.9 Å². The minimum Gasteiger partial charge on any atom is -0.289 e. The predicted molar refractivity (Wildman–Crippen MR) is 88.4 cm³/mol. The van der Waals surface area contributed by atoms with Crippen molar-refractivity contribution in [2.75, 3.05) is 18.1 Å². The van der Waals surface area contributed by atoms with E-state index in [1.807, 2.05) is 30.3 Å². The van der Waals surface area contributed by atoms with Crippen LogP contribution in [0.15, 0.2) is 41.4 Å². The van der Waals surface area contributed by atoms with Crippen LogP contribution in [0.2, 0.25) is 0 Å². The number of para-hydroxylation sites is 1. The molecule has 1 aromatic carbocycles. The number of halogens is 3. The largest absolute Gasteiger partial charge is 0.434 e. The number of aromatic nitrogens is 1. The Morgan fingerprint density at radius 2 is 1.83 bits per heavy atom. The summed E-state index contributed by atoms with van der Waals surface area (Å²) >= 11 is 1.08. The maximum Gasteiger partial charge on any atom is 0.434 e. The third-order valence-electron chi connectivity index (χ3n) is 4.40. The molecule has 3 heterocycles. The average Bonchev–Trinajstić information content (AvgIpc) is 3.20. The smallest absolute Gasteiger partial charge is 0.289 e. The summed E-state index contributed by atoms with van der Waals surface area (Å²) in [6.45, 7) is 1.47. The van der Waals surface area contributed by atoms with Gasteiger partial charge in [0, 0.05) is 23.2 Å². The van der Waals surface area contributed by atoms with Crippen molar-refractivity contribution < 1.29 is 13.2 Å². The molecule has 0 radical (unpaired) electrons. The summed E-state index contributed by atoms with van der Waals surface area (Å²) in [4.78, 5) is 3.86. The van der Waals surface area contributed by atoms with Gasteiger partial charge in [0.25, 0.3) is 0 Å². The highest BCUT2D eigenvalue weighted by atomic mass is 32.1. The number of alkyl halides is 3. The summed E-state index contributed by atoms with van der Waals surface area (Å²) in [5.74, 6) is 0. The van der Waals surface area contributed by atoms with E-state index in [2.05, 4.69) is 15.0 Å². The number of hydrogen-bond acceptors (Lipinski definition) is 4. The topological polar surface area (TPSA) is 19.4 Å². The number of anilines is 1. The monoisotopic (exact) mass is 351 g/mol. The summed E-state index contributed by atoms with van der Waals surface area (Å²) in [5.41, 5.74) is 2.31. The quantitative estimate of drug-likeness (QED) is 0.775. The Labute approximate surface area is 142 Å². The first-order valence-corrected chi connectivity index (χ1v) is 8.77. The lowest BCUT2D eigenvalue weighted by atomic mass is 10.1. The molecule has 0 aliphatic carbocycles. The van der Waals surface area contributed by atoms with Crippen LogP contribution in [-0.4, -0.2) is 23.1 Å². The molecule has 0 amide bonds. The summed E-state index contributed by atoms with van der Waals surface area (Å²) in [7, 11) is 0. The summed E-state index contributed by atoms with van der Waals surface area (Å²) < 4.78 is 38.6. The fraction of sp³-hybridized carbons (Fsp3) is 0.353. The minimum atomic E-state index is -4.38. The van der Waals surface area contributed by atoms with E-state index in [0.29, 0.717) is 11.6 Å². The number of fused-ring (bicyclic) bond motifs is 1. The fourth-order valence-electron chi connectivity index (χ4n) is 3.28. The SMILES string of the molecule is FC(F)(F)c1csc(C2=C3CCCCN3N(c3ccccc3)C2)n1. The third kappa shape index (κ3) is 2.66. The van der Waals surface area contributed by atoms with Crippen LogP contribution in [-0.2, 0) is 6.18 Å². The van der Waals surface area contributed by atoms with Crippen molar-refractivity contribution >= 4 is 22.6 Å². The standard InChI is InChI=1S/C17H16F3N3S/c18-17(19,20)15-11-24-16(21-15)13-10-23(12-6-2-1-3-7-12)22-9-5-4-8-14(13)22/h1-3,6-7,11H,4-5,8-10H2. The zero-order valence-corrected chi connectivity index (χ0v) is 13.7. The highest BCUT2D eigenvalue weighted by Gasteiger charge is 2.37. The van der Waals surface area contributed by atoms with Gasteiger partial charge in [-0.1, -0.05) is 18.2 Å². The van der Waals surface area contributed by atoms with E-state index >= 15 is 0 Å². The Balaban J connectivity index is 1.70. The van der Waals surface area contributed by atoms with Gasteiger partial charge in [-0.2, -0.15) is 13.2 Å². The number of allylic oxidation sites excluding steroid dienone is 1. The number of piperidine rings is 1. The zero-order valence-electron chi connectivity index (χ0n) is 12.9. The molecule has 1 fully saturated rings. The molecule has 126 valence electrons. The Bertz CT molecular complexity index is 767. The molecule has 0 unspecified atom stereocenters. The van der Waals surface area contributed by atoms with Crippen molar-refractivity contribution in [1.29, 1.82) is 0 Å². The fourth-order valence-corrected chi connectivity index (χ4v) is 4.17. The van der Waals surface area contributed by atoms with Crippen molar-refractivity contribution in [3.63, 3.8) is 0 Å². The van der Waals surface area contributed by atoms with Crippen LogP contribution in [0.25, 0.3) is 5.57 Å². The summed E-state index contributed by atoms with van der Waals surface area (Å²) in [6, 6.07) is 9.96. The van der Waals surface area contributed by atoms with Gasteiger partial charge in [-0.3, -0.25) is 10.0 Å². The third-order valence-corrected chi connectivity index (χ3v) is 5.30. The Morgan fingerprint density at radius 3 is 2.54 bits per heavy atom. The molecule has 0 N–H and O–H groups in total. The minimum absolute atomic E-state index is 0.489. The van der Waals surface area contributed by atoms with Crippen molar-refractivity contribution in [2.24, 2.45) is 0 Å². The molecule has 0 bridgehead atoms. The highest BCUT2D eigenvalue weighted by molar-refractivity contribution is 7.10. The lowest BCUT2D eigenvalue weighted by Crippen LogP contribution is -2.39. The lowest BCUT2D eigenvalue weighted by Gasteiger charge is -2.36. The van der Waals surface area contributed by atoms with Gasteiger partial charge in [0.1, 0.15) is 5.01 Å². The molecule has 2 aliphatic heterocycles. The lowest BCUT2D eigenvalue weighted by molar-refractivity contribution is -0.140. The van der Waals surface area contributed by atoms with E-state index in [0.717, 1.165) is 59.5 Å². The Hall–Kier alpha value is -2.02. The van der Waals surface area contributed by atoms with E-state index in [-0.39, 0.29) is 0 Å². The van der Waals surface area contributed by atoms with Gasteiger partial charge in [-0.25, -0.2) is 4.98 Å². The van der Waals surface area contributed by atoms with Gasteiger partial charge >= 0.3 is 6.18 Å². The van der Waals surface area contributed by atoms with Crippen molar-refractivity contribution in [1.82, 2.24) is 9.99 Å². The number of thiazole rings is 1. The molecule has 7 heteroatoms. The maximum atomic E-state index is 12.9. The van der Waals surface area contributed by atoms with Gasteiger partial charge in [0.05, 0.1) is 12.2 Å². The van der Waals surface area contributed by atoms with Gasteiger partial charge in [-0.15, -0.1) is 11.3 Å². The number of rotatable bonds is 2. The first-order chi connectivity index (χ1) is 11.5. The molecule has 4 rings (SSSR count). The van der Waals surface area contributed by atoms with Crippen molar-refractivity contribution in [2.45, 2.75) is 25.4 Å². The van der Waals surface area contributed by atoms with Crippen LogP contribution in [0, 0.1) is 0 Å². The van der Waals surface area contributed by atoms with E-state index in [1.165, 1.54) is 0 Å². The van der Waals surface area contributed by atoms with Gasteiger partial charge < -0.3 is 0 Å². The van der Waals surface area contributed by atoms with Gasteiger partial charge in [-0.05, 0) is 31.4 Å². The van der Waals surface area contributed by atoms with Crippen molar-refractivity contribution in [3.05, 3.63) is 52.1 Å². The van der Waals surface area contributed by atoms with Crippen LogP contribution < -0.4 is 5.01 Å². The average molecular weight is 351 g/mol. The normalized spacial score (nSPS) is 18.3. The molecule has 2 aromatic rings. The zero-order chi connectivity index (χ0) is 16.7. The highest BCUT2D eigenvalue weighted by Crippen LogP contribution is 2.41. The number of benzene rings is 1. The molecule has 2 aliphatic rings. The maximum absolute atomic E-state index is 12.9. The van der Waals surface area contributed by atoms with Crippen molar-refractivity contribution in [3.8, 4) is 0 Å². The molecular weight excluding hydrogens is 335 g/mol. The molecule has 1 aromatic heterocycles. The first-order valence-electron chi connectivity index (χ1n) is 7.89. The number of hydrazine groups is 1. The molecule has 3 nitrogen and oxygen atoms in total. The molecule has 0 spiro atoms. The number of nitrogens with zero attached hydrogens (tertiary/aromatic N) is 3. The van der Waals surface area contributed by atoms with Gasteiger partial charge in [0.15, 0.2) is 5.69 Å². The second-order valence-electron chi connectivity index (χ2n) is 5.93. The first kappa shape index (κ1) is 15.5. The molecule has 0 atom stereocenters. The summed E-state index contributed by atoms with van der Waals surface area (Å²) in [5, 5.41) is 5.96. The molecule has 0 saturated carbocycles.